The van der Waals surface area contributed by atoms with Gasteiger partial charge in [0, 0.05) is 18.7 Å². The first-order valence-electron chi connectivity index (χ1n) is 10.9. The molecule has 2 aromatic carbocycles. The molecule has 0 saturated carbocycles. The van der Waals surface area contributed by atoms with E-state index in [1.807, 2.05) is 36.4 Å². The summed E-state index contributed by atoms with van der Waals surface area (Å²) in [7, 11) is 1.13. The van der Waals surface area contributed by atoms with Crippen molar-refractivity contribution in [2.24, 2.45) is 0 Å². The minimum Gasteiger partial charge on any atom is -0.543 e. The predicted molar refractivity (Wildman–Crippen MR) is 128 cm³/mol. The van der Waals surface area contributed by atoms with Gasteiger partial charge in [-0.1, -0.05) is 53.7 Å². The molecular formula is C25H38O5Si. The molecule has 0 aliphatic heterocycles. The van der Waals surface area contributed by atoms with Gasteiger partial charge in [0.2, 0.25) is 0 Å². The predicted octanol–water partition coefficient (Wildman–Crippen LogP) is 6.31. The summed E-state index contributed by atoms with van der Waals surface area (Å²) in [6.45, 7) is 13.7. The van der Waals surface area contributed by atoms with E-state index in [4.69, 9.17) is 18.6 Å². The Kier molecular flexibility index (Phi) is 8.97. The van der Waals surface area contributed by atoms with E-state index in [2.05, 4.69) is 41.5 Å². The number of hydrogen-bond donors (Lipinski definition) is 1. The first kappa shape index (κ1) is 25.2. The van der Waals surface area contributed by atoms with Crippen LogP contribution in [0.2, 0.25) is 16.6 Å². The van der Waals surface area contributed by atoms with Gasteiger partial charge in [0.1, 0.15) is 23.4 Å². The molecule has 1 atom stereocenters. The van der Waals surface area contributed by atoms with Gasteiger partial charge in [-0.15, -0.1) is 0 Å². The molecule has 0 heterocycles. The molecule has 172 valence electrons. The van der Waals surface area contributed by atoms with Gasteiger partial charge in [0.05, 0.1) is 7.11 Å². The second kappa shape index (κ2) is 11.0. The lowest BCUT2D eigenvalue weighted by Gasteiger charge is -2.42. The average molecular weight is 447 g/mol. The van der Waals surface area contributed by atoms with Crippen molar-refractivity contribution in [3.05, 3.63) is 53.6 Å². The van der Waals surface area contributed by atoms with Gasteiger partial charge in [0.15, 0.2) is 6.79 Å². The summed E-state index contributed by atoms with van der Waals surface area (Å²) in [5, 5.41) is 11.0. The third-order valence-corrected chi connectivity index (χ3v) is 12.0. The molecule has 2 aromatic rings. The molecule has 5 nitrogen and oxygen atoms in total. The number of hydrogen-bond acceptors (Lipinski definition) is 5. The zero-order valence-corrected chi connectivity index (χ0v) is 21.1. The fourth-order valence-electron chi connectivity index (χ4n) is 4.57. The molecule has 0 bridgehead atoms. The Labute approximate surface area is 188 Å². The molecule has 2 rings (SSSR count). The fraction of sp³-hybridized carbons (Fsp3) is 0.520. The van der Waals surface area contributed by atoms with Crippen LogP contribution in [0.3, 0.4) is 0 Å². The highest BCUT2D eigenvalue weighted by molar-refractivity contribution is 6.78. The Morgan fingerprint density at radius 2 is 1.35 bits per heavy atom. The molecule has 0 aliphatic rings. The quantitative estimate of drug-likeness (QED) is 0.324. The summed E-state index contributed by atoms with van der Waals surface area (Å²) in [4.78, 5) is 0. The van der Waals surface area contributed by atoms with Gasteiger partial charge in [0.25, 0.3) is 8.32 Å². The normalized spacial score (nSPS) is 13.0. The van der Waals surface area contributed by atoms with Crippen molar-refractivity contribution in [2.45, 2.75) is 64.3 Å². The molecule has 0 spiro atoms. The SMILES string of the molecule is COCOc1cc(OC)ccc1C(O)c1ccc(O[Si](C(C)C)(C(C)C)C(C)C)cc1. The van der Waals surface area contributed by atoms with Crippen molar-refractivity contribution >= 4 is 8.32 Å². The van der Waals surface area contributed by atoms with Gasteiger partial charge in [-0.2, -0.15) is 0 Å². The van der Waals surface area contributed by atoms with Gasteiger partial charge in [-0.25, -0.2) is 0 Å². The number of aliphatic hydroxyl groups excluding tert-OH is 1. The molecule has 0 saturated heterocycles. The zero-order chi connectivity index (χ0) is 23.2. The molecule has 6 heteroatoms. The lowest BCUT2D eigenvalue weighted by molar-refractivity contribution is 0.0486. The van der Waals surface area contributed by atoms with Crippen molar-refractivity contribution in [1.82, 2.24) is 0 Å². The van der Waals surface area contributed by atoms with Crippen LogP contribution in [0.15, 0.2) is 42.5 Å². The Morgan fingerprint density at radius 1 is 0.806 bits per heavy atom. The minimum atomic E-state index is -2.02. The smallest absolute Gasteiger partial charge is 0.258 e. The summed E-state index contributed by atoms with van der Waals surface area (Å²) in [5.41, 5.74) is 2.92. The van der Waals surface area contributed by atoms with Crippen LogP contribution in [-0.4, -0.2) is 34.4 Å². The van der Waals surface area contributed by atoms with E-state index in [0.29, 0.717) is 33.7 Å². The van der Waals surface area contributed by atoms with Crippen LogP contribution in [-0.2, 0) is 4.74 Å². The summed E-state index contributed by atoms with van der Waals surface area (Å²) < 4.78 is 22.7. The van der Waals surface area contributed by atoms with Gasteiger partial charge >= 0.3 is 0 Å². The molecule has 1 N–H and O–H groups in total. The lowest BCUT2D eigenvalue weighted by Crippen LogP contribution is -2.50. The largest absolute Gasteiger partial charge is 0.543 e. The second-order valence-electron chi connectivity index (χ2n) is 8.85. The van der Waals surface area contributed by atoms with Crippen LogP contribution >= 0.6 is 0 Å². The monoisotopic (exact) mass is 446 g/mol. The Morgan fingerprint density at radius 3 is 1.84 bits per heavy atom. The highest BCUT2D eigenvalue weighted by Crippen LogP contribution is 2.43. The summed E-state index contributed by atoms with van der Waals surface area (Å²) in [6, 6.07) is 13.1. The maximum absolute atomic E-state index is 11.0. The molecule has 1 unspecified atom stereocenters. The van der Waals surface area contributed by atoms with E-state index in [1.165, 1.54) is 0 Å². The Bertz CT molecular complexity index is 795. The van der Waals surface area contributed by atoms with E-state index < -0.39 is 14.4 Å². The first-order valence-corrected chi connectivity index (χ1v) is 13.1. The second-order valence-corrected chi connectivity index (χ2v) is 14.2. The zero-order valence-electron chi connectivity index (χ0n) is 20.1. The number of benzene rings is 2. The van der Waals surface area contributed by atoms with Gasteiger partial charge < -0.3 is 23.7 Å². The third kappa shape index (κ3) is 5.62. The van der Waals surface area contributed by atoms with Crippen LogP contribution in [0.4, 0.5) is 0 Å². The Balaban J connectivity index is 2.31. The fourth-order valence-corrected chi connectivity index (χ4v) is 9.82. The number of methoxy groups -OCH3 is 2. The van der Waals surface area contributed by atoms with E-state index in [-0.39, 0.29) is 6.79 Å². The van der Waals surface area contributed by atoms with Crippen LogP contribution < -0.4 is 13.9 Å². The number of rotatable bonds is 11. The van der Waals surface area contributed by atoms with E-state index >= 15 is 0 Å². The highest BCUT2D eigenvalue weighted by atomic mass is 28.4. The topological polar surface area (TPSA) is 57.2 Å². The van der Waals surface area contributed by atoms with E-state index in [0.717, 1.165) is 11.3 Å². The van der Waals surface area contributed by atoms with Crippen LogP contribution in [0.1, 0.15) is 58.8 Å². The molecular weight excluding hydrogens is 408 g/mol. The minimum absolute atomic E-state index is 0.0893. The molecule has 0 radical (unpaired) electrons. The molecule has 0 amide bonds. The number of ether oxygens (including phenoxy) is 3. The van der Waals surface area contributed by atoms with Crippen molar-refractivity contribution in [2.75, 3.05) is 21.0 Å². The van der Waals surface area contributed by atoms with Gasteiger partial charge in [-0.3, -0.25) is 0 Å². The molecule has 0 fully saturated rings. The summed E-state index contributed by atoms with van der Waals surface area (Å²) in [6.07, 6.45) is -0.839. The summed E-state index contributed by atoms with van der Waals surface area (Å²) >= 11 is 0. The summed E-state index contributed by atoms with van der Waals surface area (Å²) in [5.74, 6) is 2.05. The third-order valence-electron chi connectivity index (χ3n) is 6.05. The van der Waals surface area contributed by atoms with Crippen molar-refractivity contribution in [3.8, 4) is 17.2 Å². The molecule has 0 aromatic heterocycles. The first-order chi connectivity index (χ1) is 14.7. The lowest BCUT2D eigenvalue weighted by atomic mass is 10.0. The average Bonchev–Trinajstić information content (AvgIpc) is 2.74. The van der Waals surface area contributed by atoms with E-state index in [1.54, 1.807) is 20.3 Å². The van der Waals surface area contributed by atoms with Crippen molar-refractivity contribution < 1.29 is 23.7 Å². The van der Waals surface area contributed by atoms with Crippen LogP contribution in [0.5, 0.6) is 17.2 Å². The van der Waals surface area contributed by atoms with E-state index in [9.17, 15) is 5.11 Å². The maximum atomic E-state index is 11.0. The number of aliphatic hydroxyl groups is 1. The van der Waals surface area contributed by atoms with Gasteiger partial charge in [-0.05, 0) is 46.5 Å². The van der Waals surface area contributed by atoms with Crippen LogP contribution in [0, 0.1) is 0 Å². The molecule has 0 aliphatic carbocycles. The maximum Gasteiger partial charge on any atom is 0.258 e. The standard InChI is InChI=1S/C25H38O5Si/c1-17(2)31(18(3)4,19(5)6)30-21-11-9-20(10-12-21)25(26)23-14-13-22(28-8)15-24(23)29-16-27-7/h9-15,17-19,25-26H,16H2,1-8H3. The highest BCUT2D eigenvalue weighted by Gasteiger charge is 2.46. The van der Waals surface area contributed by atoms with Crippen LogP contribution in [0.25, 0.3) is 0 Å². The Hall–Kier alpha value is -2.02. The molecule has 31 heavy (non-hydrogen) atoms. The van der Waals surface area contributed by atoms with Crippen molar-refractivity contribution in [1.29, 1.82) is 0 Å². The van der Waals surface area contributed by atoms with Crippen molar-refractivity contribution in [3.63, 3.8) is 0 Å².